The van der Waals surface area contributed by atoms with Gasteiger partial charge < -0.3 is 5.11 Å². The van der Waals surface area contributed by atoms with Gasteiger partial charge in [-0.1, -0.05) is 39.7 Å². The van der Waals surface area contributed by atoms with Crippen molar-refractivity contribution in [2.24, 2.45) is 0 Å². The van der Waals surface area contributed by atoms with Gasteiger partial charge in [-0.2, -0.15) is 0 Å². The Kier molecular flexibility index (Phi) is 5.04. The molecule has 0 radical (unpaired) electrons. The first kappa shape index (κ1) is 17.5. The van der Waals surface area contributed by atoms with E-state index in [2.05, 4.69) is 20.9 Å². The van der Waals surface area contributed by atoms with E-state index in [0.717, 1.165) is 10.0 Å². The Bertz CT molecular complexity index is 785. The highest BCUT2D eigenvalue weighted by atomic mass is 79.9. The number of pyridine rings is 1. The third-order valence-electron chi connectivity index (χ3n) is 4.42. The molecule has 0 aliphatic heterocycles. The predicted octanol–water partition coefficient (Wildman–Crippen LogP) is 4.69. The fourth-order valence-electron chi connectivity index (χ4n) is 3.09. The number of halogens is 3. The average molecular weight is 413 g/mol. The van der Waals surface area contributed by atoms with Crippen LogP contribution in [0.2, 0.25) is 5.02 Å². The van der Waals surface area contributed by atoms with Crippen LogP contribution in [-0.4, -0.2) is 15.9 Å². The molecule has 126 valence electrons. The van der Waals surface area contributed by atoms with Gasteiger partial charge in [0.2, 0.25) is 0 Å². The number of rotatable bonds is 4. The van der Waals surface area contributed by atoms with Gasteiger partial charge in [-0.3, -0.25) is 9.78 Å². The molecule has 0 saturated heterocycles. The Balaban J connectivity index is 1.81. The second-order valence-electron chi connectivity index (χ2n) is 5.95. The number of carbonyl (C=O) groups is 1. The Hall–Kier alpha value is -1.30. The van der Waals surface area contributed by atoms with Crippen molar-refractivity contribution in [3.8, 4) is 0 Å². The summed E-state index contributed by atoms with van der Waals surface area (Å²) in [7, 11) is 0. The highest BCUT2D eigenvalue weighted by Crippen LogP contribution is 2.43. The van der Waals surface area contributed by atoms with E-state index in [1.54, 1.807) is 12.1 Å². The molecule has 24 heavy (non-hydrogen) atoms. The van der Waals surface area contributed by atoms with Crippen LogP contribution in [0.4, 0.5) is 4.39 Å². The number of hydrogen-bond acceptors (Lipinski definition) is 3. The number of Topliss-reactive ketones (excluding diaryl/α,β-unsaturated/α-hetero) is 1. The van der Waals surface area contributed by atoms with Gasteiger partial charge in [-0.15, -0.1) is 0 Å². The summed E-state index contributed by atoms with van der Waals surface area (Å²) in [6.07, 6.45) is 1.25. The zero-order valence-electron chi connectivity index (χ0n) is 12.8. The van der Waals surface area contributed by atoms with E-state index in [-0.39, 0.29) is 30.5 Å². The van der Waals surface area contributed by atoms with Crippen LogP contribution in [0.3, 0.4) is 0 Å². The van der Waals surface area contributed by atoms with E-state index >= 15 is 4.39 Å². The molecule has 0 unspecified atom stereocenters. The minimum absolute atomic E-state index is 0.0280. The van der Waals surface area contributed by atoms with Gasteiger partial charge in [0.1, 0.15) is 0 Å². The normalized spacial score (nSPS) is 22.9. The third-order valence-corrected chi connectivity index (χ3v) is 5.27. The molecule has 6 heteroatoms. The molecule has 1 aromatic carbocycles. The van der Waals surface area contributed by atoms with Crippen molar-refractivity contribution in [2.75, 3.05) is 0 Å². The van der Waals surface area contributed by atoms with Gasteiger partial charge in [-0.05, 0) is 43.0 Å². The van der Waals surface area contributed by atoms with Crippen molar-refractivity contribution < 1.29 is 14.3 Å². The Labute approximate surface area is 153 Å². The number of benzene rings is 1. The number of ketones is 1. The first-order valence-corrected chi connectivity index (χ1v) is 8.88. The zero-order valence-corrected chi connectivity index (χ0v) is 15.1. The fraction of sp³-hybridized carbons (Fsp3) is 0.333. The van der Waals surface area contributed by atoms with Crippen LogP contribution >= 0.6 is 27.5 Å². The summed E-state index contributed by atoms with van der Waals surface area (Å²) in [5.41, 5.74) is -0.832. The minimum atomic E-state index is -2.09. The van der Waals surface area contributed by atoms with Crippen LogP contribution < -0.4 is 0 Å². The van der Waals surface area contributed by atoms with Gasteiger partial charge >= 0.3 is 0 Å². The molecule has 1 N–H and O–H groups in total. The number of aryl methyl sites for hydroxylation is 1. The number of fused-ring (bicyclic) bond motifs is 1. The maximum atomic E-state index is 15.5. The van der Waals surface area contributed by atoms with Crippen LogP contribution in [0.1, 0.15) is 42.2 Å². The monoisotopic (exact) mass is 411 g/mol. The molecule has 0 saturated carbocycles. The number of aliphatic hydroxyl groups excluding tert-OH is 1. The second kappa shape index (κ2) is 6.90. The van der Waals surface area contributed by atoms with Gasteiger partial charge in [-0.25, -0.2) is 4.39 Å². The van der Waals surface area contributed by atoms with Crippen LogP contribution in [0.25, 0.3) is 0 Å². The second-order valence-corrected chi connectivity index (χ2v) is 7.27. The Morgan fingerprint density at radius 2 is 2.25 bits per heavy atom. The SMILES string of the molecule is O=C(CCc1ccc(Br)cc1Cl)[C@]1(F)CC[C@H](O)c2ncccc21. The molecule has 0 spiro atoms. The number of aliphatic hydroxyl groups is 1. The van der Waals surface area contributed by atoms with Crippen LogP contribution in [0, 0.1) is 0 Å². The standard InChI is InChI=1S/C18H16BrClFNO2/c19-12-5-3-11(14(20)10-12)4-6-16(24)18(21)8-7-15(23)17-13(18)2-1-9-22-17/h1-3,5,9-10,15,23H,4,6-8H2/t15-,18-/m0/s1. The summed E-state index contributed by atoms with van der Waals surface area (Å²) in [6.45, 7) is 0. The first-order chi connectivity index (χ1) is 11.4. The first-order valence-electron chi connectivity index (χ1n) is 7.71. The molecule has 0 bridgehead atoms. The molecule has 1 heterocycles. The lowest BCUT2D eigenvalue weighted by Crippen LogP contribution is -2.36. The summed E-state index contributed by atoms with van der Waals surface area (Å²) in [4.78, 5) is 16.7. The molecular weight excluding hydrogens is 397 g/mol. The fourth-order valence-corrected chi connectivity index (χ4v) is 3.85. The number of nitrogens with zero attached hydrogens (tertiary/aromatic N) is 1. The smallest absolute Gasteiger partial charge is 0.195 e. The third kappa shape index (κ3) is 3.25. The predicted molar refractivity (Wildman–Crippen MR) is 93.7 cm³/mol. The zero-order chi connectivity index (χ0) is 17.3. The Morgan fingerprint density at radius 3 is 3.00 bits per heavy atom. The molecule has 2 aromatic rings. The van der Waals surface area contributed by atoms with E-state index in [1.807, 2.05) is 12.1 Å². The van der Waals surface area contributed by atoms with Crippen molar-refractivity contribution in [3.63, 3.8) is 0 Å². The molecule has 3 nitrogen and oxygen atoms in total. The van der Waals surface area contributed by atoms with Crippen molar-refractivity contribution in [2.45, 2.75) is 37.5 Å². The van der Waals surface area contributed by atoms with Crippen LogP contribution in [0.5, 0.6) is 0 Å². The number of alkyl halides is 1. The average Bonchev–Trinajstić information content (AvgIpc) is 2.57. The summed E-state index contributed by atoms with van der Waals surface area (Å²) < 4.78 is 16.3. The minimum Gasteiger partial charge on any atom is -0.387 e. The maximum Gasteiger partial charge on any atom is 0.195 e. The number of hydrogen-bond donors (Lipinski definition) is 1. The summed E-state index contributed by atoms with van der Waals surface area (Å²) in [6, 6.07) is 8.54. The van der Waals surface area contributed by atoms with Crippen molar-refractivity contribution >= 4 is 33.3 Å². The van der Waals surface area contributed by atoms with E-state index in [9.17, 15) is 9.90 Å². The van der Waals surface area contributed by atoms with Crippen LogP contribution in [0.15, 0.2) is 41.0 Å². The lowest BCUT2D eigenvalue weighted by Gasteiger charge is -2.32. The topological polar surface area (TPSA) is 50.2 Å². The van der Waals surface area contributed by atoms with Crippen molar-refractivity contribution in [3.05, 3.63) is 62.8 Å². The van der Waals surface area contributed by atoms with Crippen molar-refractivity contribution in [1.29, 1.82) is 0 Å². The van der Waals surface area contributed by atoms with Gasteiger partial charge in [0.05, 0.1) is 11.8 Å². The lowest BCUT2D eigenvalue weighted by molar-refractivity contribution is -0.133. The van der Waals surface area contributed by atoms with Gasteiger partial charge in [0, 0.05) is 27.7 Å². The summed E-state index contributed by atoms with van der Waals surface area (Å²) >= 11 is 9.48. The summed E-state index contributed by atoms with van der Waals surface area (Å²) in [5.74, 6) is -0.498. The molecule has 1 aromatic heterocycles. The van der Waals surface area contributed by atoms with E-state index < -0.39 is 17.6 Å². The molecule has 0 amide bonds. The maximum absolute atomic E-state index is 15.5. The molecule has 1 aliphatic rings. The molecule has 3 rings (SSSR count). The molecule has 0 fully saturated rings. The largest absolute Gasteiger partial charge is 0.387 e. The number of aromatic nitrogens is 1. The molecule has 1 aliphatic carbocycles. The van der Waals surface area contributed by atoms with E-state index in [1.165, 1.54) is 12.3 Å². The summed E-state index contributed by atoms with van der Waals surface area (Å²) in [5, 5.41) is 10.5. The van der Waals surface area contributed by atoms with E-state index in [0.29, 0.717) is 11.4 Å². The molecule has 2 atom stereocenters. The Morgan fingerprint density at radius 1 is 1.46 bits per heavy atom. The van der Waals surface area contributed by atoms with Crippen LogP contribution in [-0.2, 0) is 16.9 Å². The molecular formula is C18H16BrClFNO2. The van der Waals surface area contributed by atoms with Gasteiger partial charge in [0.15, 0.2) is 11.5 Å². The van der Waals surface area contributed by atoms with E-state index in [4.69, 9.17) is 11.6 Å². The number of carbonyl (C=O) groups excluding carboxylic acids is 1. The van der Waals surface area contributed by atoms with Crippen molar-refractivity contribution in [1.82, 2.24) is 4.98 Å². The quantitative estimate of drug-likeness (QED) is 0.792. The lowest BCUT2D eigenvalue weighted by atomic mass is 9.77. The highest BCUT2D eigenvalue weighted by molar-refractivity contribution is 9.10. The van der Waals surface area contributed by atoms with Gasteiger partial charge in [0.25, 0.3) is 0 Å². The highest BCUT2D eigenvalue weighted by Gasteiger charge is 2.45.